The molecule has 0 amide bonds. The van der Waals surface area contributed by atoms with Gasteiger partial charge in [-0.15, -0.1) is 0 Å². The predicted molar refractivity (Wildman–Crippen MR) is 44.9 cm³/mol. The zero-order chi connectivity index (χ0) is 9.26. The highest BCUT2D eigenvalue weighted by atomic mass is 16.5. The molecule has 72 valence electrons. The third kappa shape index (κ3) is 1.71. The second-order valence-electron chi connectivity index (χ2n) is 3.26. The van der Waals surface area contributed by atoms with Crippen LogP contribution in [-0.2, 0) is 4.74 Å². The molecule has 0 aliphatic carbocycles. The largest absolute Gasteiger partial charge is 0.385 e. The van der Waals surface area contributed by atoms with Gasteiger partial charge in [-0.05, 0) is 19.8 Å². The Balaban J connectivity index is 2.12. The van der Waals surface area contributed by atoms with Gasteiger partial charge in [-0.1, -0.05) is 0 Å². The number of ether oxygens (including phenoxy) is 1. The fourth-order valence-electron chi connectivity index (χ4n) is 1.41. The zero-order valence-electron chi connectivity index (χ0n) is 7.53. The van der Waals surface area contributed by atoms with Crippen LogP contribution in [0.1, 0.15) is 43.6 Å². The van der Waals surface area contributed by atoms with Gasteiger partial charge in [-0.25, -0.2) is 4.98 Å². The Morgan fingerprint density at radius 1 is 1.69 bits per heavy atom. The van der Waals surface area contributed by atoms with Crippen molar-refractivity contribution in [2.45, 2.75) is 32.0 Å². The van der Waals surface area contributed by atoms with E-state index in [2.05, 4.69) is 15.2 Å². The Bertz CT molecular complexity index is 279. The monoisotopic (exact) mass is 183 g/mol. The molecule has 1 aromatic rings. The second-order valence-corrected chi connectivity index (χ2v) is 3.26. The summed E-state index contributed by atoms with van der Waals surface area (Å²) in [5.41, 5.74) is 0. The Morgan fingerprint density at radius 3 is 3.08 bits per heavy atom. The molecule has 1 aliphatic rings. The SMILES string of the molecule is CC(O)c1n[nH]c(C2CCCO2)n1. The van der Waals surface area contributed by atoms with Gasteiger partial charge in [0.1, 0.15) is 12.2 Å². The number of aliphatic hydroxyl groups is 1. The summed E-state index contributed by atoms with van der Waals surface area (Å²) in [5, 5.41) is 15.9. The second kappa shape index (κ2) is 3.43. The van der Waals surface area contributed by atoms with Crippen LogP contribution in [0.25, 0.3) is 0 Å². The predicted octanol–water partition coefficient (Wildman–Crippen LogP) is 0.709. The number of rotatable bonds is 2. The molecule has 2 heterocycles. The molecular weight excluding hydrogens is 170 g/mol. The summed E-state index contributed by atoms with van der Waals surface area (Å²) < 4.78 is 5.42. The number of aliphatic hydroxyl groups excluding tert-OH is 1. The van der Waals surface area contributed by atoms with Crippen molar-refractivity contribution in [3.05, 3.63) is 11.6 Å². The smallest absolute Gasteiger partial charge is 0.178 e. The van der Waals surface area contributed by atoms with Crippen LogP contribution in [0, 0.1) is 0 Å². The summed E-state index contributed by atoms with van der Waals surface area (Å²) in [6.45, 7) is 2.43. The van der Waals surface area contributed by atoms with E-state index >= 15 is 0 Å². The Morgan fingerprint density at radius 2 is 2.54 bits per heavy atom. The van der Waals surface area contributed by atoms with E-state index in [0.29, 0.717) is 5.82 Å². The van der Waals surface area contributed by atoms with E-state index in [1.165, 1.54) is 0 Å². The van der Waals surface area contributed by atoms with Gasteiger partial charge in [0.05, 0.1) is 0 Å². The number of nitrogens with zero attached hydrogens (tertiary/aromatic N) is 2. The maximum Gasteiger partial charge on any atom is 0.178 e. The number of hydrogen-bond donors (Lipinski definition) is 2. The van der Waals surface area contributed by atoms with E-state index in [4.69, 9.17) is 4.74 Å². The molecule has 0 aromatic carbocycles. The first-order chi connectivity index (χ1) is 6.27. The number of H-pyrrole nitrogens is 1. The molecule has 0 bridgehead atoms. The van der Waals surface area contributed by atoms with Crippen molar-refractivity contribution in [3.63, 3.8) is 0 Å². The molecule has 5 nitrogen and oxygen atoms in total. The first kappa shape index (κ1) is 8.65. The van der Waals surface area contributed by atoms with Crippen molar-refractivity contribution in [2.75, 3.05) is 6.61 Å². The average molecular weight is 183 g/mol. The summed E-state index contributed by atoms with van der Waals surface area (Å²) in [6, 6.07) is 0. The molecule has 2 unspecified atom stereocenters. The van der Waals surface area contributed by atoms with E-state index < -0.39 is 6.10 Å². The minimum absolute atomic E-state index is 0.0417. The quantitative estimate of drug-likeness (QED) is 0.708. The fourth-order valence-corrected chi connectivity index (χ4v) is 1.41. The van der Waals surface area contributed by atoms with E-state index in [-0.39, 0.29) is 6.10 Å². The van der Waals surface area contributed by atoms with E-state index in [9.17, 15) is 5.11 Å². The number of aromatic nitrogens is 3. The third-order valence-corrected chi connectivity index (χ3v) is 2.13. The molecule has 0 spiro atoms. The lowest BCUT2D eigenvalue weighted by molar-refractivity contribution is 0.105. The molecule has 0 radical (unpaired) electrons. The maximum atomic E-state index is 9.19. The summed E-state index contributed by atoms with van der Waals surface area (Å²) in [4.78, 5) is 4.15. The molecule has 2 N–H and O–H groups in total. The van der Waals surface area contributed by atoms with E-state index in [1.54, 1.807) is 6.92 Å². The summed E-state index contributed by atoms with van der Waals surface area (Å²) >= 11 is 0. The van der Waals surface area contributed by atoms with Gasteiger partial charge >= 0.3 is 0 Å². The number of aromatic amines is 1. The first-order valence-electron chi connectivity index (χ1n) is 4.49. The maximum absolute atomic E-state index is 9.19. The van der Waals surface area contributed by atoms with Gasteiger partial charge in [0, 0.05) is 6.61 Å². The van der Waals surface area contributed by atoms with Crippen molar-refractivity contribution < 1.29 is 9.84 Å². The first-order valence-corrected chi connectivity index (χ1v) is 4.49. The summed E-state index contributed by atoms with van der Waals surface area (Å²) in [5.74, 6) is 1.17. The molecule has 5 heteroatoms. The molecule has 1 fully saturated rings. The number of nitrogens with one attached hydrogen (secondary N) is 1. The molecule has 0 saturated carbocycles. The zero-order valence-corrected chi connectivity index (χ0v) is 7.53. The molecule has 2 atom stereocenters. The highest BCUT2D eigenvalue weighted by Gasteiger charge is 2.21. The van der Waals surface area contributed by atoms with Gasteiger partial charge in [0.25, 0.3) is 0 Å². The van der Waals surface area contributed by atoms with Crippen LogP contribution in [0.2, 0.25) is 0 Å². The number of hydrogen-bond acceptors (Lipinski definition) is 4. The van der Waals surface area contributed by atoms with Gasteiger partial charge < -0.3 is 9.84 Å². The van der Waals surface area contributed by atoms with Crippen LogP contribution < -0.4 is 0 Å². The molecular formula is C8H13N3O2. The standard InChI is InChI=1S/C8H13N3O2/c1-5(12)7-9-8(11-10-7)6-3-2-4-13-6/h5-6,12H,2-4H2,1H3,(H,9,10,11). The van der Waals surface area contributed by atoms with Gasteiger partial charge in [0.2, 0.25) is 0 Å². The minimum atomic E-state index is -0.619. The van der Waals surface area contributed by atoms with Crippen LogP contribution in [-0.4, -0.2) is 26.9 Å². The van der Waals surface area contributed by atoms with Crippen LogP contribution in [0.4, 0.5) is 0 Å². The molecule has 1 aliphatic heterocycles. The Hall–Kier alpha value is -0.940. The molecule has 13 heavy (non-hydrogen) atoms. The van der Waals surface area contributed by atoms with Gasteiger partial charge in [-0.2, -0.15) is 5.10 Å². The highest BCUT2D eigenvalue weighted by molar-refractivity contribution is 4.97. The Labute approximate surface area is 76.1 Å². The highest BCUT2D eigenvalue weighted by Crippen LogP contribution is 2.25. The van der Waals surface area contributed by atoms with Crippen LogP contribution >= 0.6 is 0 Å². The molecule has 2 rings (SSSR count). The normalized spacial score (nSPS) is 24.9. The van der Waals surface area contributed by atoms with Crippen LogP contribution in [0.15, 0.2) is 0 Å². The van der Waals surface area contributed by atoms with E-state index in [1.807, 2.05) is 0 Å². The average Bonchev–Trinajstić information content (AvgIpc) is 2.75. The van der Waals surface area contributed by atoms with Crippen LogP contribution in [0.3, 0.4) is 0 Å². The summed E-state index contributed by atoms with van der Waals surface area (Å²) in [7, 11) is 0. The molecule has 1 aromatic heterocycles. The van der Waals surface area contributed by atoms with Crippen molar-refractivity contribution in [2.24, 2.45) is 0 Å². The lowest BCUT2D eigenvalue weighted by Crippen LogP contribution is -1.99. The fraction of sp³-hybridized carbons (Fsp3) is 0.750. The van der Waals surface area contributed by atoms with Crippen molar-refractivity contribution >= 4 is 0 Å². The Kier molecular flexibility index (Phi) is 2.28. The lowest BCUT2D eigenvalue weighted by Gasteiger charge is -2.02. The molecule has 1 saturated heterocycles. The van der Waals surface area contributed by atoms with Crippen molar-refractivity contribution in [1.29, 1.82) is 0 Å². The van der Waals surface area contributed by atoms with Crippen molar-refractivity contribution in [1.82, 2.24) is 15.2 Å². The van der Waals surface area contributed by atoms with Crippen molar-refractivity contribution in [3.8, 4) is 0 Å². The third-order valence-electron chi connectivity index (χ3n) is 2.13. The summed E-state index contributed by atoms with van der Waals surface area (Å²) in [6.07, 6.45) is 1.47. The minimum Gasteiger partial charge on any atom is -0.385 e. The van der Waals surface area contributed by atoms with E-state index in [0.717, 1.165) is 25.3 Å². The van der Waals surface area contributed by atoms with Gasteiger partial charge in [0.15, 0.2) is 11.6 Å². The van der Waals surface area contributed by atoms with Gasteiger partial charge in [-0.3, -0.25) is 5.10 Å². The topological polar surface area (TPSA) is 71.0 Å². The lowest BCUT2D eigenvalue weighted by atomic mass is 10.2. The van der Waals surface area contributed by atoms with Crippen LogP contribution in [0.5, 0.6) is 0 Å².